The maximum Gasteiger partial charge on any atom is 0.340 e. The van der Waals surface area contributed by atoms with Crippen molar-refractivity contribution in [3.63, 3.8) is 0 Å². The first kappa shape index (κ1) is 24.8. The molecule has 4 aromatic rings. The van der Waals surface area contributed by atoms with Crippen molar-refractivity contribution in [2.24, 2.45) is 5.16 Å². The van der Waals surface area contributed by atoms with Crippen molar-refractivity contribution in [3.8, 4) is 11.1 Å². The predicted molar refractivity (Wildman–Crippen MR) is 138 cm³/mol. The molecular formula is C30H27FN2O3. The van der Waals surface area contributed by atoms with Crippen LogP contribution in [0, 0.1) is 19.7 Å². The highest BCUT2D eigenvalue weighted by Crippen LogP contribution is 2.34. The van der Waals surface area contributed by atoms with Gasteiger partial charge in [0.2, 0.25) is 0 Å². The number of esters is 1. The zero-order valence-electron chi connectivity index (χ0n) is 20.4. The normalized spacial score (nSPS) is 12.3. The lowest BCUT2D eigenvalue weighted by Crippen LogP contribution is -2.12. The van der Waals surface area contributed by atoms with E-state index in [1.165, 1.54) is 19.2 Å². The van der Waals surface area contributed by atoms with Crippen molar-refractivity contribution < 1.29 is 19.1 Å². The Balaban J connectivity index is 1.77. The fraction of sp³-hybridized carbons (Fsp3) is 0.167. The minimum absolute atomic E-state index is 0.105. The number of ether oxygens (including phenoxy) is 1. The summed E-state index contributed by atoms with van der Waals surface area (Å²) in [6.45, 7) is 3.95. The van der Waals surface area contributed by atoms with E-state index in [9.17, 15) is 14.4 Å². The Bertz CT molecular complexity index is 1430. The predicted octanol–water partition coefficient (Wildman–Crippen LogP) is 6.69. The Morgan fingerprint density at radius 2 is 1.78 bits per heavy atom. The smallest absolute Gasteiger partial charge is 0.340 e. The molecule has 6 heteroatoms. The van der Waals surface area contributed by atoms with E-state index in [-0.39, 0.29) is 11.5 Å². The summed E-state index contributed by atoms with van der Waals surface area (Å²) < 4.78 is 19.3. The standard InChI is InChI=1S/C30H27FN2O3/c1-19-7-4-5-10-25(19)27(18-29(33-35)24-13-14-32-20(2)15-24)23-9-6-8-21(16-23)22-11-12-26(28(31)17-22)30(34)36-3/h4-17,27,35H,18H2,1-3H3. The van der Waals surface area contributed by atoms with Crippen LogP contribution in [0.5, 0.6) is 0 Å². The molecule has 1 N–H and O–H groups in total. The number of oxime groups is 1. The van der Waals surface area contributed by atoms with Crippen LogP contribution in [0.4, 0.5) is 4.39 Å². The van der Waals surface area contributed by atoms with Crippen LogP contribution >= 0.6 is 0 Å². The monoisotopic (exact) mass is 482 g/mol. The molecule has 0 aliphatic carbocycles. The van der Waals surface area contributed by atoms with Gasteiger partial charge in [0.25, 0.3) is 0 Å². The Hall–Kier alpha value is -4.32. The van der Waals surface area contributed by atoms with Gasteiger partial charge in [0, 0.05) is 29.8 Å². The number of carbonyl (C=O) groups is 1. The molecule has 1 aromatic heterocycles. The second-order valence-electron chi connectivity index (χ2n) is 8.66. The van der Waals surface area contributed by atoms with Gasteiger partial charge in [0.05, 0.1) is 18.4 Å². The van der Waals surface area contributed by atoms with Gasteiger partial charge in [-0.1, -0.05) is 59.8 Å². The van der Waals surface area contributed by atoms with Crippen molar-refractivity contribution in [2.75, 3.05) is 7.11 Å². The van der Waals surface area contributed by atoms with Crippen LogP contribution in [0.1, 0.15) is 50.6 Å². The summed E-state index contributed by atoms with van der Waals surface area (Å²) >= 11 is 0. The lowest BCUT2D eigenvalue weighted by atomic mass is 9.82. The molecule has 5 nitrogen and oxygen atoms in total. The molecule has 1 heterocycles. The molecule has 0 fully saturated rings. The maximum atomic E-state index is 14.6. The number of rotatable bonds is 7. The second-order valence-corrected chi connectivity index (χ2v) is 8.66. The molecule has 4 rings (SSSR count). The van der Waals surface area contributed by atoms with Crippen molar-refractivity contribution in [1.29, 1.82) is 0 Å². The first-order chi connectivity index (χ1) is 17.4. The van der Waals surface area contributed by atoms with Crippen LogP contribution in [-0.4, -0.2) is 29.0 Å². The molecule has 1 unspecified atom stereocenters. The average molecular weight is 483 g/mol. The molecule has 182 valence electrons. The van der Waals surface area contributed by atoms with Crippen molar-refractivity contribution >= 4 is 11.7 Å². The molecule has 0 amide bonds. The van der Waals surface area contributed by atoms with Crippen LogP contribution in [-0.2, 0) is 4.74 Å². The number of hydrogen-bond acceptors (Lipinski definition) is 5. The van der Waals surface area contributed by atoms with Gasteiger partial charge in [0.15, 0.2) is 0 Å². The van der Waals surface area contributed by atoms with Crippen molar-refractivity contribution in [1.82, 2.24) is 4.98 Å². The summed E-state index contributed by atoms with van der Waals surface area (Å²) in [7, 11) is 1.22. The summed E-state index contributed by atoms with van der Waals surface area (Å²) in [6, 6.07) is 24.2. The molecule has 3 aromatic carbocycles. The highest BCUT2D eigenvalue weighted by molar-refractivity contribution is 6.01. The molecular weight excluding hydrogens is 455 g/mol. The van der Waals surface area contributed by atoms with E-state index in [1.807, 2.05) is 55.5 Å². The second kappa shape index (κ2) is 11.0. The number of aromatic nitrogens is 1. The third-order valence-corrected chi connectivity index (χ3v) is 6.31. The van der Waals surface area contributed by atoms with Crippen LogP contribution in [0.25, 0.3) is 11.1 Å². The van der Waals surface area contributed by atoms with Gasteiger partial charge >= 0.3 is 5.97 Å². The number of pyridine rings is 1. The minimum atomic E-state index is -0.713. The van der Waals surface area contributed by atoms with Crippen LogP contribution < -0.4 is 0 Å². The number of hydrogen-bond donors (Lipinski definition) is 1. The number of methoxy groups -OCH3 is 1. The fourth-order valence-electron chi connectivity index (χ4n) is 4.43. The van der Waals surface area contributed by atoms with E-state index < -0.39 is 11.8 Å². The lowest BCUT2D eigenvalue weighted by molar-refractivity contribution is 0.0595. The SMILES string of the molecule is COC(=O)c1ccc(-c2cccc(C(CC(=NO)c3ccnc(C)c3)c3ccccc3C)c2)cc1F. The summed E-state index contributed by atoms with van der Waals surface area (Å²) in [5.74, 6) is -1.47. The average Bonchev–Trinajstić information content (AvgIpc) is 2.89. The zero-order chi connectivity index (χ0) is 25.7. The molecule has 0 radical (unpaired) electrons. The van der Waals surface area contributed by atoms with E-state index in [4.69, 9.17) is 0 Å². The van der Waals surface area contributed by atoms with E-state index in [0.717, 1.165) is 33.5 Å². The van der Waals surface area contributed by atoms with Gasteiger partial charge in [0.1, 0.15) is 5.82 Å². The summed E-state index contributed by atoms with van der Waals surface area (Å²) in [6.07, 6.45) is 2.15. The first-order valence-electron chi connectivity index (χ1n) is 11.6. The molecule has 1 atom stereocenters. The van der Waals surface area contributed by atoms with Crippen molar-refractivity contribution in [3.05, 3.63) is 124 Å². The van der Waals surface area contributed by atoms with E-state index >= 15 is 0 Å². The largest absolute Gasteiger partial charge is 0.465 e. The van der Waals surface area contributed by atoms with E-state index in [0.29, 0.717) is 17.7 Å². The Kier molecular flexibility index (Phi) is 7.54. The van der Waals surface area contributed by atoms with E-state index in [2.05, 4.69) is 33.9 Å². The number of aryl methyl sites for hydroxylation is 2. The van der Waals surface area contributed by atoms with Gasteiger partial charge in [-0.3, -0.25) is 4.98 Å². The van der Waals surface area contributed by atoms with Crippen LogP contribution in [0.15, 0.2) is 90.2 Å². The summed E-state index contributed by atoms with van der Waals surface area (Å²) in [4.78, 5) is 16.0. The van der Waals surface area contributed by atoms with Gasteiger partial charge in [-0.2, -0.15) is 0 Å². The molecule has 0 saturated carbocycles. The molecule has 0 spiro atoms. The molecule has 36 heavy (non-hydrogen) atoms. The third-order valence-electron chi connectivity index (χ3n) is 6.31. The van der Waals surface area contributed by atoms with Crippen molar-refractivity contribution in [2.45, 2.75) is 26.2 Å². The number of benzene rings is 3. The number of nitrogens with zero attached hydrogens (tertiary/aromatic N) is 2. The van der Waals surface area contributed by atoms with Gasteiger partial charge < -0.3 is 9.94 Å². The lowest BCUT2D eigenvalue weighted by Gasteiger charge is -2.22. The van der Waals surface area contributed by atoms with E-state index in [1.54, 1.807) is 12.3 Å². The third kappa shape index (κ3) is 5.33. The first-order valence-corrected chi connectivity index (χ1v) is 11.6. The molecule has 0 bridgehead atoms. The molecule has 0 saturated heterocycles. The summed E-state index contributed by atoms with van der Waals surface area (Å²) in [5, 5.41) is 13.6. The Labute approximate surface area is 209 Å². The Morgan fingerprint density at radius 3 is 2.47 bits per heavy atom. The number of carbonyl (C=O) groups excluding carboxylic acids is 1. The van der Waals surface area contributed by atoms with Gasteiger partial charge in [-0.05, 0) is 65.9 Å². The fourth-order valence-corrected chi connectivity index (χ4v) is 4.43. The molecule has 0 aliphatic heterocycles. The van der Waals surface area contributed by atoms with Crippen LogP contribution in [0.2, 0.25) is 0 Å². The quantitative estimate of drug-likeness (QED) is 0.138. The topological polar surface area (TPSA) is 71.8 Å². The Morgan fingerprint density at radius 1 is 1.00 bits per heavy atom. The van der Waals surface area contributed by atoms with Gasteiger partial charge in [-0.15, -0.1) is 0 Å². The zero-order valence-corrected chi connectivity index (χ0v) is 20.4. The highest BCUT2D eigenvalue weighted by Gasteiger charge is 2.21. The highest BCUT2D eigenvalue weighted by atomic mass is 19.1. The maximum absolute atomic E-state index is 14.6. The van der Waals surface area contributed by atoms with Crippen LogP contribution in [0.3, 0.4) is 0 Å². The molecule has 0 aliphatic rings. The van der Waals surface area contributed by atoms with Gasteiger partial charge in [-0.25, -0.2) is 9.18 Å². The summed E-state index contributed by atoms with van der Waals surface area (Å²) in [5.41, 5.74) is 6.75. The minimum Gasteiger partial charge on any atom is -0.465 e. The number of halogens is 1.